The predicted octanol–water partition coefficient (Wildman–Crippen LogP) is 14.8. The standard InChI is InChI=1S/C52H64F6O3/c1-35-5-15-41(16-6-35)43-19-9-37(10-20-43)29-45-31-39(33-47(25-27-59-3)51(53,54)55)13-23-49(45)61-50-24-14-40(34-48(26-28-60-4)52(56,57)58)32-46(50)30-38-11-21-44(22-12-38)42-17-7-36(2)8-18-42/h9-14,19-24,31-32,35-36,41-42,47-48H,5-8,15-18,25-30,33-34H2,1-4H3. The highest BCUT2D eigenvalue weighted by Crippen LogP contribution is 2.40. The van der Waals surface area contributed by atoms with Gasteiger partial charge in [-0.3, -0.25) is 0 Å². The topological polar surface area (TPSA) is 27.7 Å². The average molecular weight is 851 g/mol. The van der Waals surface area contributed by atoms with E-state index in [9.17, 15) is 26.3 Å². The fraction of sp³-hybridized carbons (Fsp3) is 0.538. The lowest BCUT2D eigenvalue weighted by Gasteiger charge is -2.26. The van der Waals surface area contributed by atoms with Crippen LogP contribution in [-0.2, 0) is 35.2 Å². The molecule has 3 nitrogen and oxygen atoms in total. The Morgan fingerprint density at radius 2 is 0.836 bits per heavy atom. The first-order chi connectivity index (χ1) is 29.2. The van der Waals surface area contributed by atoms with Crippen molar-refractivity contribution < 1.29 is 40.6 Å². The Labute approximate surface area is 359 Å². The summed E-state index contributed by atoms with van der Waals surface area (Å²) in [6.45, 7) is 4.62. The molecule has 332 valence electrons. The molecule has 0 aromatic heterocycles. The SMILES string of the molecule is COCCC(Cc1ccc(Oc2ccc(CC(CCOC)C(F)(F)F)cc2Cc2ccc(C3CCC(C)CC3)cc2)c(Cc2ccc(C3CCC(C)CC3)cc2)c1)C(F)(F)F. The van der Waals surface area contributed by atoms with Gasteiger partial charge < -0.3 is 14.2 Å². The molecule has 4 aromatic rings. The smallest absolute Gasteiger partial charge is 0.392 e. The van der Waals surface area contributed by atoms with Crippen LogP contribution in [0.1, 0.15) is 134 Å². The Bertz CT molecular complexity index is 1800. The van der Waals surface area contributed by atoms with E-state index in [1.54, 1.807) is 24.3 Å². The van der Waals surface area contributed by atoms with Gasteiger partial charge >= 0.3 is 12.4 Å². The Morgan fingerprint density at radius 3 is 1.16 bits per heavy atom. The van der Waals surface area contributed by atoms with Gasteiger partial charge in [-0.25, -0.2) is 0 Å². The van der Waals surface area contributed by atoms with Gasteiger partial charge in [0.15, 0.2) is 0 Å². The molecule has 61 heavy (non-hydrogen) atoms. The van der Waals surface area contributed by atoms with Crippen LogP contribution in [0.4, 0.5) is 26.3 Å². The van der Waals surface area contributed by atoms with Crippen molar-refractivity contribution in [1.29, 1.82) is 0 Å². The van der Waals surface area contributed by atoms with Crippen molar-refractivity contribution >= 4 is 0 Å². The average Bonchev–Trinajstić information content (AvgIpc) is 3.23. The monoisotopic (exact) mass is 850 g/mol. The summed E-state index contributed by atoms with van der Waals surface area (Å²) in [5, 5.41) is 0. The summed E-state index contributed by atoms with van der Waals surface area (Å²) < 4.78 is 102. The van der Waals surface area contributed by atoms with Crippen LogP contribution in [0.15, 0.2) is 84.9 Å². The van der Waals surface area contributed by atoms with E-state index in [0.29, 0.717) is 47.3 Å². The number of hydrogen-bond acceptors (Lipinski definition) is 3. The van der Waals surface area contributed by atoms with Gasteiger partial charge in [0.2, 0.25) is 0 Å². The van der Waals surface area contributed by atoms with Crippen LogP contribution in [0.25, 0.3) is 0 Å². The van der Waals surface area contributed by atoms with Crippen LogP contribution >= 0.6 is 0 Å². The summed E-state index contributed by atoms with van der Waals surface area (Å²) in [7, 11) is 2.81. The molecule has 0 amide bonds. The fourth-order valence-electron chi connectivity index (χ4n) is 9.41. The molecule has 2 fully saturated rings. The van der Waals surface area contributed by atoms with E-state index in [1.165, 1.54) is 76.7 Å². The minimum Gasteiger partial charge on any atom is -0.457 e. The first kappa shape index (κ1) is 46.7. The summed E-state index contributed by atoms with van der Waals surface area (Å²) in [4.78, 5) is 0. The van der Waals surface area contributed by atoms with E-state index in [0.717, 1.165) is 34.1 Å². The molecule has 2 unspecified atom stereocenters. The Hall–Kier alpha value is -3.82. The molecule has 0 N–H and O–H groups in total. The van der Waals surface area contributed by atoms with E-state index < -0.39 is 24.2 Å². The van der Waals surface area contributed by atoms with Crippen LogP contribution < -0.4 is 4.74 Å². The number of alkyl halides is 6. The lowest BCUT2D eigenvalue weighted by molar-refractivity contribution is -0.179. The van der Waals surface area contributed by atoms with Crippen molar-refractivity contribution in [1.82, 2.24) is 0 Å². The number of methoxy groups -OCH3 is 2. The maximum absolute atomic E-state index is 14.2. The number of ether oxygens (including phenoxy) is 3. The van der Waals surface area contributed by atoms with Crippen molar-refractivity contribution in [2.24, 2.45) is 23.7 Å². The quantitative estimate of drug-likeness (QED) is 0.0934. The van der Waals surface area contributed by atoms with Crippen molar-refractivity contribution in [3.8, 4) is 11.5 Å². The first-order valence-electron chi connectivity index (χ1n) is 22.4. The second kappa shape index (κ2) is 21.5. The number of hydrogen-bond donors (Lipinski definition) is 0. The van der Waals surface area contributed by atoms with Gasteiger partial charge in [-0.2, -0.15) is 26.3 Å². The third-order valence-corrected chi connectivity index (χ3v) is 13.4. The lowest BCUT2D eigenvalue weighted by Crippen LogP contribution is -2.26. The minimum absolute atomic E-state index is 0.00192. The van der Waals surface area contributed by atoms with Crippen molar-refractivity contribution in [2.75, 3.05) is 27.4 Å². The first-order valence-corrected chi connectivity index (χ1v) is 22.4. The molecule has 0 bridgehead atoms. The molecule has 6 rings (SSSR count). The summed E-state index contributed by atoms with van der Waals surface area (Å²) in [5.41, 5.74) is 7.22. The third kappa shape index (κ3) is 13.6. The van der Waals surface area contributed by atoms with Gasteiger partial charge in [-0.15, -0.1) is 0 Å². The molecule has 2 aliphatic rings. The van der Waals surface area contributed by atoms with E-state index in [2.05, 4.69) is 62.4 Å². The van der Waals surface area contributed by atoms with Gasteiger partial charge in [0.1, 0.15) is 11.5 Å². The summed E-state index contributed by atoms with van der Waals surface area (Å²) in [6, 6.07) is 27.7. The lowest BCUT2D eigenvalue weighted by atomic mass is 9.79. The fourth-order valence-corrected chi connectivity index (χ4v) is 9.41. The highest BCUT2D eigenvalue weighted by Gasteiger charge is 2.40. The maximum atomic E-state index is 14.2. The zero-order valence-corrected chi connectivity index (χ0v) is 36.4. The highest BCUT2D eigenvalue weighted by atomic mass is 19.4. The van der Waals surface area contributed by atoms with Crippen LogP contribution in [0.3, 0.4) is 0 Å². The molecule has 0 spiro atoms. The number of halogens is 6. The van der Waals surface area contributed by atoms with Gasteiger partial charge in [0.05, 0.1) is 11.8 Å². The molecular weight excluding hydrogens is 787 g/mol. The summed E-state index contributed by atoms with van der Waals surface area (Å²) >= 11 is 0. The largest absolute Gasteiger partial charge is 0.457 e. The molecule has 0 saturated heterocycles. The Balaban J connectivity index is 1.33. The zero-order valence-electron chi connectivity index (χ0n) is 36.4. The van der Waals surface area contributed by atoms with E-state index >= 15 is 0 Å². The van der Waals surface area contributed by atoms with E-state index in [1.807, 2.05) is 12.1 Å². The second-order valence-corrected chi connectivity index (χ2v) is 18.2. The van der Waals surface area contributed by atoms with Gasteiger partial charge in [0, 0.05) is 40.3 Å². The highest BCUT2D eigenvalue weighted by molar-refractivity contribution is 5.48. The molecule has 0 aliphatic heterocycles. The van der Waals surface area contributed by atoms with E-state index in [4.69, 9.17) is 14.2 Å². The van der Waals surface area contributed by atoms with Gasteiger partial charge in [-0.1, -0.05) is 112 Å². The molecular formula is C52H64F6O3. The molecule has 2 saturated carbocycles. The molecule has 2 atom stereocenters. The summed E-state index contributed by atoms with van der Waals surface area (Å²) in [5.74, 6) is 0.411. The Morgan fingerprint density at radius 1 is 0.492 bits per heavy atom. The normalized spacial score (nSPS) is 21.0. The van der Waals surface area contributed by atoms with E-state index in [-0.39, 0.29) is 38.9 Å². The molecule has 2 aliphatic carbocycles. The second-order valence-electron chi connectivity index (χ2n) is 18.2. The number of rotatable bonds is 18. The summed E-state index contributed by atoms with van der Waals surface area (Å²) in [6.07, 6.45) is 0.928. The molecule has 4 aromatic carbocycles. The number of benzene rings is 4. The van der Waals surface area contributed by atoms with Crippen molar-refractivity contribution in [3.63, 3.8) is 0 Å². The minimum atomic E-state index is -4.39. The van der Waals surface area contributed by atoms with Crippen LogP contribution in [-0.4, -0.2) is 39.8 Å². The third-order valence-electron chi connectivity index (χ3n) is 13.4. The molecule has 0 radical (unpaired) electrons. The van der Waals surface area contributed by atoms with Crippen LogP contribution in [0.2, 0.25) is 0 Å². The molecule has 9 heteroatoms. The van der Waals surface area contributed by atoms with Crippen LogP contribution in [0, 0.1) is 23.7 Å². The zero-order chi connectivity index (χ0) is 43.6. The van der Waals surface area contributed by atoms with Crippen LogP contribution in [0.5, 0.6) is 11.5 Å². The molecule has 0 heterocycles. The Kier molecular flexibility index (Phi) is 16.5. The van der Waals surface area contributed by atoms with Gasteiger partial charge in [0.25, 0.3) is 0 Å². The predicted molar refractivity (Wildman–Crippen MR) is 232 cm³/mol. The van der Waals surface area contributed by atoms with Crippen molar-refractivity contribution in [2.45, 2.75) is 128 Å². The van der Waals surface area contributed by atoms with Crippen molar-refractivity contribution in [3.05, 3.63) is 129 Å². The maximum Gasteiger partial charge on any atom is 0.392 e. The van der Waals surface area contributed by atoms with Gasteiger partial charge in [-0.05, 0) is 132 Å².